The van der Waals surface area contributed by atoms with Gasteiger partial charge in [-0.1, -0.05) is 6.92 Å². The van der Waals surface area contributed by atoms with Gasteiger partial charge in [0.25, 0.3) is 0 Å². The van der Waals surface area contributed by atoms with Crippen LogP contribution in [0.5, 0.6) is 0 Å². The van der Waals surface area contributed by atoms with Crippen molar-refractivity contribution in [2.45, 2.75) is 31.0 Å². The minimum absolute atomic E-state index is 0.284. The van der Waals surface area contributed by atoms with E-state index in [1.54, 1.807) is 6.92 Å². The standard InChI is InChI=1S/C5H9F3OS/c1-3-4(2)10(9)5(6,7)8/h4H,3H2,1-2H3. The van der Waals surface area contributed by atoms with Crippen molar-refractivity contribution in [2.75, 3.05) is 0 Å². The molecule has 0 radical (unpaired) electrons. The van der Waals surface area contributed by atoms with Crippen LogP contribution in [0.2, 0.25) is 0 Å². The summed E-state index contributed by atoms with van der Waals surface area (Å²) in [5, 5.41) is -0.792. The summed E-state index contributed by atoms with van der Waals surface area (Å²) in [5.74, 6) is 0. The van der Waals surface area contributed by atoms with Crippen LogP contribution < -0.4 is 0 Å². The smallest absolute Gasteiger partial charge is 0.572 e. The number of rotatable bonds is 2. The lowest BCUT2D eigenvalue weighted by Crippen LogP contribution is -2.31. The maximum Gasteiger partial charge on any atom is 0.572 e. The topological polar surface area (TPSA) is 23.1 Å². The summed E-state index contributed by atoms with van der Waals surface area (Å²) in [5.41, 5.74) is -4.55. The maximum atomic E-state index is 11.6. The van der Waals surface area contributed by atoms with Gasteiger partial charge < -0.3 is 4.55 Å². The number of alkyl halides is 3. The maximum absolute atomic E-state index is 11.6. The molecule has 0 saturated carbocycles. The quantitative estimate of drug-likeness (QED) is 0.587. The van der Waals surface area contributed by atoms with Gasteiger partial charge in [0.1, 0.15) is 5.25 Å². The summed E-state index contributed by atoms with van der Waals surface area (Å²) in [4.78, 5) is 0. The van der Waals surface area contributed by atoms with Crippen LogP contribution in [-0.4, -0.2) is 15.3 Å². The third kappa shape index (κ3) is 2.79. The van der Waals surface area contributed by atoms with Crippen LogP contribution in [0.15, 0.2) is 0 Å². The van der Waals surface area contributed by atoms with Gasteiger partial charge in [-0.2, -0.15) is 0 Å². The van der Waals surface area contributed by atoms with Crippen molar-refractivity contribution in [1.29, 1.82) is 0 Å². The van der Waals surface area contributed by atoms with Crippen LogP contribution in [0.4, 0.5) is 13.2 Å². The van der Waals surface area contributed by atoms with Crippen LogP contribution >= 0.6 is 0 Å². The Morgan fingerprint density at radius 3 is 2.00 bits per heavy atom. The third-order valence-electron chi connectivity index (χ3n) is 1.17. The number of halogens is 3. The Labute approximate surface area is 60.8 Å². The zero-order chi connectivity index (χ0) is 8.36. The predicted molar refractivity (Wildman–Crippen MR) is 34.0 cm³/mol. The Kier molecular flexibility index (Phi) is 3.51. The summed E-state index contributed by atoms with van der Waals surface area (Å²) in [6, 6.07) is 0. The minimum Gasteiger partial charge on any atom is -0.609 e. The number of hydrogen-bond donors (Lipinski definition) is 0. The van der Waals surface area contributed by atoms with Crippen molar-refractivity contribution in [3.8, 4) is 0 Å². The van der Waals surface area contributed by atoms with Crippen molar-refractivity contribution < 1.29 is 17.7 Å². The lowest BCUT2D eigenvalue weighted by molar-refractivity contribution is -0.0443. The van der Waals surface area contributed by atoms with Gasteiger partial charge >= 0.3 is 5.51 Å². The summed E-state index contributed by atoms with van der Waals surface area (Å²) in [6.45, 7) is 2.90. The van der Waals surface area contributed by atoms with Gasteiger partial charge in [-0.15, -0.1) is 13.2 Å². The van der Waals surface area contributed by atoms with Crippen LogP contribution in [0.1, 0.15) is 20.3 Å². The lowest BCUT2D eigenvalue weighted by atomic mass is 10.4. The molecule has 0 spiro atoms. The highest BCUT2D eigenvalue weighted by atomic mass is 32.2. The van der Waals surface area contributed by atoms with E-state index in [0.717, 1.165) is 0 Å². The van der Waals surface area contributed by atoms with E-state index in [1.165, 1.54) is 6.92 Å². The molecule has 0 aromatic carbocycles. The van der Waals surface area contributed by atoms with Crippen molar-refractivity contribution >= 4 is 11.2 Å². The number of hydrogen-bond acceptors (Lipinski definition) is 1. The van der Waals surface area contributed by atoms with Gasteiger partial charge in [0.15, 0.2) is 0 Å². The second kappa shape index (κ2) is 3.48. The third-order valence-corrected chi connectivity index (χ3v) is 2.69. The first kappa shape index (κ1) is 10.1. The fourth-order valence-corrected chi connectivity index (χ4v) is 1.14. The molecule has 0 aliphatic carbocycles. The molecule has 0 fully saturated rings. The highest BCUT2D eigenvalue weighted by Gasteiger charge is 2.46. The summed E-state index contributed by atoms with van der Waals surface area (Å²) >= 11 is -2.68. The molecule has 0 rings (SSSR count). The highest BCUT2D eigenvalue weighted by Crippen LogP contribution is 2.27. The summed E-state index contributed by atoms with van der Waals surface area (Å²) in [7, 11) is 0. The van der Waals surface area contributed by atoms with Crippen LogP contribution in [0, 0.1) is 0 Å². The molecule has 0 aromatic heterocycles. The van der Waals surface area contributed by atoms with Crippen molar-refractivity contribution in [2.24, 2.45) is 0 Å². The summed E-state index contributed by atoms with van der Waals surface area (Å²) < 4.78 is 45.1. The molecule has 0 amide bonds. The molecule has 0 bridgehead atoms. The van der Waals surface area contributed by atoms with E-state index in [0.29, 0.717) is 0 Å². The summed E-state index contributed by atoms with van der Waals surface area (Å²) in [6.07, 6.45) is 0.284. The zero-order valence-electron chi connectivity index (χ0n) is 5.73. The molecule has 0 aromatic rings. The van der Waals surface area contributed by atoms with Crippen molar-refractivity contribution in [3.63, 3.8) is 0 Å². The molecular weight excluding hydrogens is 165 g/mol. The van der Waals surface area contributed by atoms with Gasteiger partial charge in [0.05, 0.1) is 11.2 Å². The van der Waals surface area contributed by atoms with E-state index in [1.807, 2.05) is 0 Å². The fourth-order valence-electron chi connectivity index (χ4n) is 0.379. The van der Waals surface area contributed by atoms with Gasteiger partial charge in [-0.05, 0) is 13.3 Å². The van der Waals surface area contributed by atoms with E-state index in [4.69, 9.17) is 0 Å². The Bertz CT molecular complexity index is 104. The monoisotopic (exact) mass is 174 g/mol. The first-order valence-electron chi connectivity index (χ1n) is 2.87. The molecule has 2 atom stereocenters. The van der Waals surface area contributed by atoms with Crippen molar-refractivity contribution in [3.05, 3.63) is 0 Å². The van der Waals surface area contributed by atoms with Crippen LogP contribution in [-0.2, 0) is 11.2 Å². The predicted octanol–water partition coefficient (Wildman–Crippen LogP) is 2.05. The van der Waals surface area contributed by atoms with E-state index < -0.39 is 21.9 Å². The minimum atomic E-state index is -4.55. The van der Waals surface area contributed by atoms with E-state index in [-0.39, 0.29) is 6.42 Å². The first-order chi connectivity index (χ1) is 4.39. The molecule has 0 N–H and O–H groups in total. The van der Waals surface area contributed by atoms with Crippen LogP contribution in [0.3, 0.4) is 0 Å². The second-order valence-electron chi connectivity index (χ2n) is 1.96. The van der Waals surface area contributed by atoms with Gasteiger partial charge in [-0.3, -0.25) is 0 Å². The highest BCUT2D eigenvalue weighted by molar-refractivity contribution is 7.92. The lowest BCUT2D eigenvalue weighted by Gasteiger charge is -2.17. The largest absolute Gasteiger partial charge is 0.609 e. The van der Waals surface area contributed by atoms with E-state index >= 15 is 0 Å². The molecule has 0 aliphatic heterocycles. The molecule has 2 unspecified atom stereocenters. The van der Waals surface area contributed by atoms with Gasteiger partial charge in [-0.25, -0.2) is 0 Å². The van der Waals surface area contributed by atoms with Gasteiger partial charge in [0, 0.05) is 0 Å². The Morgan fingerprint density at radius 2 is 1.90 bits per heavy atom. The molecule has 1 nitrogen and oxygen atoms in total. The second-order valence-corrected chi connectivity index (χ2v) is 3.82. The van der Waals surface area contributed by atoms with Gasteiger partial charge in [0.2, 0.25) is 0 Å². The Hall–Kier alpha value is 0.100. The van der Waals surface area contributed by atoms with Crippen LogP contribution in [0.25, 0.3) is 0 Å². The molecule has 62 valence electrons. The molecule has 0 heterocycles. The molecular formula is C5H9F3OS. The Balaban J connectivity index is 3.94. The molecule has 0 aliphatic rings. The normalized spacial score (nSPS) is 18.6. The van der Waals surface area contributed by atoms with Crippen molar-refractivity contribution in [1.82, 2.24) is 0 Å². The van der Waals surface area contributed by atoms with E-state index in [2.05, 4.69) is 0 Å². The average molecular weight is 174 g/mol. The molecule has 0 saturated heterocycles. The zero-order valence-corrected chi connectivity index (χ0v) is 6.55. The first-order valence-corrected chi connectivity index (χ1v) is 4.08. The average Bonchev–Trinajstić information content (AvgIpc) is 1.83. The molecule has 5 heteroatoms. The Morgan fingerprint density at radius 1 is 1.50 bits per heavy atom. The SMILES string of the molecule is CCC(C)[S+]([O-])C(F)(F)F. The fraction of sp³-hybridized carbons (Fsp3) is 1.00. The molecule has 10 heavy (non-hydrogen) atoms. The van der Waals surface area contributed by atoms with E-state index in [9.17, 15) is 17.7 Å².